The van der Waals surface area contributed by atoms with E-state index in [9.17, 15) is 4.79 Å². The minimum Gasteiger partial charge on any atom is -0.465 e. The number of aromatic amines is 1. The monoisotopic (exact) mass is 205 g/mol. The Bertz CT molecular complexity index is 492. The first-order valence-corrected chi connectivity index (χ1v) is 4.53. The molecule has 0 radical (unpaired) electrons. The Hall–Kier alpha value is -2.04. The van der Waals surface area contributed by atoms with Gasteiger partial charge in [0.05, 0.1) is 11.0 Å². The highest BCUT2D eigenvalue weighted by molar-refractivity contribution is 5.85. The molecule has 0 saturated carbocycles. The van der Waals surface area contributed by atoms with Crippen molar-refractivity contribution >= 4 is 23.1 Å². The average molecular weight is 205 g/mol. The van der Waals surface area contributed by atoms with Crippen LogP contribution in [0.4, 0.5) is 10.7 Å². The first kappa shape index (κ1) is 9.51. The van der Waals surface area contributed by atoms with Crippen LogP contribution in [0.15, 0.2) is 12.1 Å². The molecule has 3 N–H and O–H groups in total. The van der Waals surface area contributed by atoms with Gasteiger partial charge in [-0.2, -0.15) is 0 Å². The number of carbonyl (C=O) groups is 1. The predicted octanol–water partition coefficient (Wildman–Crippen LogP) is 2.27. The van der Waals surface area contributed by atoms with E-state index in [0.717, 1.165) is 22.2 Å². The summed E-state index contributed by atoms with van der Waals surface area (Å²) < 4.78 is 0. The van der Waals surface area contributed by atoms with Gasteiger partial charge in [0.1, 0.15) is 0 Å². The number of nitrogens with one attached hydrogen (secondary N) is 2. The molecule has 1 heterocycles. The number of rotatable bonds is 1. The SMILES string of the molecule is Cc1cc2nc(NC(=O)O)[nH]c2cc1C. The number of H-pyrrole nitrogens is 1. The molecule has 1 aromatic carbocycles. The van der Waals surface area contributed by atoms with Gasteiger partial charge in [0.15, 0.2) is 0 Å². The fourth-order valence-corrected chi connectivity index (χ4v) is 1.43. The van der Waals surface area contributed by atoms with Crippen molar-refractivity contribution in [3.8, 4) is 0 Å². The molecule has 1 amide bonds. The standard InChI is InChI=1S/C10H11N3O2/c1-5-3-7-8(4-6(5)2)12-9(11-7)13-10(14)15/h3-4H,1-2H3,(H,14,15)(H2,11,12,13). The van der Waals surface area contributed by atoms with Gasteiger partial charge >= 0.3 is 6.09 Å². The molecule has 5 nitrogen and oxygen atoms in total. The lowest BCUT2D eigenvalue weighted by Crippen LogP contribution is -2.08. The number of fused-ring (bicyclic) bond motifs is 1. The summed E-state index contributed by atoms with van der Waals surface area (Å²) in [5.41, 5.74) is 3.88. The number of anilines is 1. The number of nitrogens with zero attached hydrogens (tertiary/aromatic N) is 1. The molecule has 0 spiro atoms. The van der Waals surface area contributed by atoms with Crippen LogP contribution in [0.1, 0.15) is 11.1 Å². The van der Waals surface area contributed by atoms with Crippen LogP contribution in [0.25, 0.3) is 11.0 Å². The summed E-state index contributed by atoms with van der Waals surface area (Å²) in [4.78, 5) is 17.4. The number of imidazole rings is 1. The molecule has 0 unspecified atom stereocenters. The van der Waals surface area contributed by atoms with Crippen LogP contribution < -0.4 is 5.32 Å². The molecule has 0 bridgehead atoms. The van der Waals surface area contributed by atoms with Crippen molar-refractivity contribution in [1.29, 1.82) is 0 Å². The van der Waals surface area contributed by atoms with Gasteiger partial charge in [-0.3, -0.25) is 5.32 Å². The largest absolute Gasteiger partial charge is 0.465 e. The van der Waals surface area contributed by atoms with Crippen molar-refractivity contribution < 1.29 is 9.90 Å². The molecular formula is C10H11N3O2. The third-order valence-corrected chi connectivity index (χ3v) is 2.32. The van der Waals surface area contributed by atoms with E-state index in [1.54, 1.807) is 0 Å². The number of amides is 1. The Balaban J connectivity index is 2.51. The second kappa shape index (κ2) is 3.27. The molecule has 0 aliphatic heterocycles. The van der Waals surface area contributed by atoms with Crippen LogP contribution in [0, 0.1) is 13.8 Å². The Labute approximate surface area is 86.1 Å². The highest BCUT2D eigenvalue weighted by atomic mass is 16.4. The molecule has 0 fully saturated rings. The van der Waals surface area contributed by atoms with E-state index in [1.807, 2.05) is 26.0 Å². The lowest BCUT2D eigenvalue weighted by Gasteiger charge is -1.97. The van der Waals surface area contributed by atoms with Crippen molar-refractivity contribution in [2.24, 2.45) is 0 Å². The second-order valence-corrected chi connectivity index (χ2v) is 3.47. The Morgan fingerprint density at radius 2 is 2.07 bits per heavy atom. The Kier molecular flexibility index (Phi) is 2.07. The zero-order chi connectivity index (χ0) is 11.0. The van der Waals surface area contributed by atoms with Crippen LogP contribution >= 0.6 is 0 Å². The van der Waals surface area contributed by atoms with Crippen LogP contribution in [-0.4, -0.2) is 21.2 Å². The molecule has 2 rings (SSSR count). The van der Waals surface area contributed by atoms with E-state index in [0.29, 0.717) is 0 Å². The van der Waals surface area contributed by atoms with Gasteiger partial charge in [-0.15, -0.1) is 0 Å². The predicted molar refractivity (Wildman–Crippen MR) is 57.2 cm³/mol. The summed E-state index contributed by atoms with van der Waals surface area (Å²) in [6.07, 6.45) is -1.12. The summed E-state index contributed by atoms with van der Waals surface area (Å²) in [6, 6.07) is 3.87. The second-order valence-electron chi connectivity index (χ2n) is 3.47. The number of carboxylic acid groups (broad SMARTS) is 1. The smallest absolute Gasteiger partial charge is 0.411 e. The van der Waals surface area contributed by atoms with Crippen molar-refractivity contribution in [2.45, 2.75) is 13.8 Å². The van der Waals surface area contributed by atoms with Crippen molar-refractivity contribution in [3.05, 3.63) is 23.3 Å². The molecule has 78 valence electrons. The number of aryl methyl sites for hydroxylation is 2. The molecule has 0 saturated heterocycles. The number of aromatic nitrogens is 2. The summed E-state index contributed by atoms with van der Waals surface area (Å²) in [5.74, 6) is 0.252. The van der Waals surface area contributed by atoms with Crippen molar-refractivity contribution in [2.75, 3.05) is 5.32 Å². The van der Waals surface area contributed by atoms with Crippen LogP contribution in [0.5, 0.6) is 0 Å². The first-order valence-electron chi connectivity index (χ1n) is 4.53. The molecule has 0 aliphatic carbocycles. The molecule has 0 atom stereocenters. The van der Waals surface area contributed by atoms with Crippen LogP contribution in [0.2, 0.25) is 0 Å². The third-order valence-electron chi connectivity index (χ3n) is 2.32. The normalized spacial score (nSPS) is 10.5. The van der Waals surface area contributed by atoms with Gasteiger partial charge in [0, 0.05) is 0 Å². The van der Waals surface area contributed by atoms with Crippen molar-refractivity contribution in [3.63, 3.8) is 0 Å². The number of hydrogen-bond donors (Lipinski definition) is 3. The van der Waals surface area contributed by atoms with E-state index in [2.05, 4.69) is 15.3 Å². The molecular weight excluding hydrogens is 194 g/mol. The average Bonchev–Trinajstić information content (AvgIpc) is 2.46. The summed E-state index contributed by atoms with van der Waals surface area (Å²) in [5, 5.41) is 10.7. The number of benzene rings is 1. The zero-order valence-electron chi connectivity index (χ0n) is 8.46. The van der Waals surface area contributed by atoms with Gasteiger partial charge in [0.2, 0.25) is 5.95 Å². The summed E-state index contributed by atoms with van der Waals surface area (Å²) in [7, 11) is 0. The maximum absolute atomic E-state index is 10.4. The molecule has 0 aliphatic rings. The van der Waals surface area contributed by atoms with Gasteiger partial charge in [0.25, 0.3) is 0 Å². The maximum Gasteiger partial charge on any atom is 0.411 e. The lowest BCUT2D eigenvalue weighted by molar-refractivity contribution is 0.209. The molecule has 2 aromatic rings. The minimum absolute atomic E-state index is 0.252. The fourth-order valence-electron chi connectivity index (χ4n) is 1.43. The Morgan fingerprint density at radius 1 is 1.40 bits per heavy atom. The summed E-state index contributed by atoms with van der Waals surface area (Å²) in [6.45, 7) is 3.99. The van der Waals surface area contributed by atoms with Gasteiger partial charge in [-0.25, -0.2) is 9.78 Å². The van der Waals surface area contributed by atoms with Crippen LogP contribution in [-0.2, 0) is 0 Å². The Morgan fingerprint density at radius 3 is 2.73 bits per heavy atom. The van der Waals surface area contributed by atoms with Gasteiger partial charge < -0.3 is 10.1 Å². The quantitative estimate of drug-likeness (QED) is 0.668. The first-order chi connectivity index (χ1) is 7.06. The van der Waals surface area contributed by atoms with E-state index in [-0.39, 0.29) is 5.95 Å². The van der Waals surface area contributed by atoms with Gasteiger partial charge in [-0.05, 0) is 37.1 Å². The van der Waals surface area contributed by atoms with Gasteiger partial charge in [-0.1, -0.05) is 0 Å². The van der Waals surface area contributed by atoms with E-state index in [4.69, 9.17) is 5.11 Å². The zero-order valence-corrected chi connectivity index (χ0v) is 8.46. The molecule has 5 heteroatoms. The minimum atomic E-state index is -1.12. The van der Waals surface area contributed by atoms with Crippen LogP contribution in [0.3, 0.4) is 0 Å². The van der Waals surface area contributed by atoms with E-state index >= 15 is 0 Å². The van der Waals surface area contributed by atoms with E-state index in [1.165, 1.54) is 0 Å². The molecule has 15 heavy (non-hydrogen) atoms. The highest BCUT2D eigenvalue weighted by Gasteiger charge is 2.06. The number of hydrogen-bond acceptors (Lipinski definition) is 2. The molecule has 1 aromatic heterocycles. The summed E-state index contributed by atoms with van der Waals surface area (Å²) >= 11 is 0. The fraction of sp³-hybridized carbons (Fsp3) is 0.200. The maximum atomic E-state index is 10.4. The topological polar surface area (TPSA) is 78.0 Å². The van der Waals surface area contributed by atoms with Crippen molar-refractivity contribution in [1.82, 2.24) is 9.97 Å². The third kappa shape index (κ3) is 1.76. The highest BCUT2D eigenvalue weighted by Crippen LogP contribution is 2.18. The van der Waals surface area contributed by atoms with E-state index < -0.39 is 6.09 Å². The lowest BCUT2D eigenvalue weighted by atomic mass is 10.1.